The summed E-state index contributed by atoms with van der Waals surface area (Å²) in [6.07, 6.45) is 1.66. The number of carbonyl (C=O) groups is 1. The fourth-order valence-corrected chi connectivity index (χ4v) is 4.29. The molecule has 0 saturated carbocycles. The number of fused-ring (bicyclic) bond motifs is 1. The van der Waals surface area contributed by atoms with Gasteiger partial charge < -0.3 is 4.74 Å². The van der Waals surface area contributed by atoms with Gasteiger partial charge in [0.25, 0.3) is 5.56 Å². The standard InChI is InChI=1S/C20H19BrN2O5S/c1-13-4-9-17-22-15(10-18(24)23(17)11-13)12-28-19(25)20(2,3)29(26,27)16-7-5-14(21)6-8-16/h4-11H,12H2,1-3H3. The number of rotatable bonds is 5. The van der Waals surface area contributed by atoms with Crippen LogP contribution in [0.4, 0.5) is 0 Å². The molecule has 0 bridgehead atoms. The Hall–Kier alpha value is -2.52. The number of esters is 1. The van der Waals surface area contributed by atoms with E-state index >= 15 is 0 Å². The lowest BCUT2D eigenvalue weighted by Gasteiger charge is -2.23. The van der Waals surface area contributed by atoms with Crippen molar-refractivity contribution >= 4 is 37.4 Å². The highest BCUT2D eigenvalue weighted by molar-refractivity contribution is 9.10. The van der Waals surface area contributed by atoms with Crippen LogP contribution >= 0.6 is 15.9 Å². The van der Waals surface area contributed by atoms with Crippen LogP contribution in [0, 0.1) is 6.92 Å². The predicted molar refractivity (Wildman–Crippen MR) is 111 cm³/mol. The van der Waals surface area contributed by atoms with E-state index in [9.17, 15) is 18.0 Å². The molecule has 2 heterocycles. The first-order valence-corrected chi connectivity index (χ1v) is 11.0. The van der Waals surface area contributed by atoms with Crippen molar-refractivity contribution in [2.45, 2.75) is 37.0 Å². The number of sulfone groups is 1. The minimum absolute atomic E-state index is 0.0140. The average Bonchev–Trinajstić information content (AvgIpc) is 2.66. The van der Waals surface area contributed by atoms with E-state index < -0.39 is 20.6 Å². The predicted octanol–water partition coefficient (Wildman–Crippen LogP) is 3.06. The third-order valence-corrected chi connectivity index (χ3v) is 7.43. The SMILES string of the molecule is Cc1ccc2nc(COC(=O)C(C)(C)S(=O)(=O)c3ccc(Br)cc3)cc(=O)n2c1. The highest BCUT2D eigenvalue weighted by atomic mass is 79.9. The Kier molecular flexibility index (Phi) is 5.64. The summed E-state index contributed by atoms with van der Waals surface area (Å²) in [6.45, 7) is 4.13. The number of ether oxygens (including phenoxy) is 1. The molecular weight excluding hydrogens is 460 g/mol. The largest absolute Gasteiger partial charge is 0.458 e. The molecule has 0 fully saturated rings. The molecule has 9 heteroatoms. The number of hydrogen-bond donors (Lipinski definition) is 0. The van der Waals surface area contributed by atoms with Gasteiger partial charge in [-0.05, 0) is 56.7 Å². The Bertz CT molecular complexity index is 1250. The first-order valence-electron chi connectivity index (χ1n) is 8.69. The monoisotopic (exact) mass is 478 g/mol. The summed E-state index contributed by atoms with van der Waals surface area (Å²) in [5, 5.41) is 0. The Balaban J connectivity index is 1.82. The zero-order valence-corrected chi connectivity index (χ0v) is 18.5. The number of aromatic nitrogens is 2. The Morgan fingerprint density at radius 3 is 2.48 bits per heavy atom. The van der Waals surface area contributed by atoms with Crippen LogP contribution in [0.1, 0.15) is 25.1 Å². The van der Waals surface area contributed by atoms with Crippen LogP contribution in [-0.4, -0.2) is 28.5 Å². The lowest BCUT2D eigenvalue weighted by molar-refractivity contribution is -0.147. The molecule has 7 nitrogen and oxygen atoms in total. The summed E-state index contributed by atoms with van der Waals surface area (Å²) < 4.78 is 31.3. The molecular formula is C20H19BrN2O5S. The van der Waals surface area contributed by atoms with Gasteiger partial charge in [-0.3, -0.25) is 14.0 Å². The van der Waals surface area contributed by atoms with Gasteiger partial charge in [0.15, 0.2) is 14.6 Å². The summed E-state index contributed by atoms with van der Waals surface area (Å²) in [4.78, 5) is 29.2. The number of pyridine rings is 1. The summed E-state index contributed by atoms with van der Waals surface area (Å²) in [7, 11) is -3.99. The van der Waals surface area contributed by atoms with Gasteiger partial charge in [0.05, 0.1) is 10.6 Å². The van der Waals surface area contributed by atoms with Crippen LogP contribution in [0.3, 0.4) is 0 Å². The molecule has 0 aliphatic heterocycles. The lowest BCUT2D eigenvalue weighted by atomic mass is 10.2. The zero-order chi connectivity index (χ0) is 21.4. The molecule has 0 spiro atoms. The summed E-state index contributed by atoms with van der Waals surface area (Å²) in [5.41, 5.74) is 1.24. The molecule has 0 amide bonds. The fourth-order valence-electron chi connectivity index (χ4n) is 2.66. The summed E-state index contributed by atoms with van der Waals surface area (Å²) in [5.74, 6) is -0.925. The van der Waals surface area contributed by atoms with Crippen molar-refractivity contribution in [2.75, 3.05) is 0 Å². The molecule has 0 saturated heterocycles. The minimum atomic E-state index is -3.99. The van der Waals surface area contributed by atoms with Gasteiger partial charge >= 0.3 is 5.97 Å². The first-order chi connectivity index (χ1) is 13.5. The van der Waals surface area contributed by atoms with Crippen LogP contribution in [0.5, 0.6) is 0 Å². The van der Waals surface area contributed by atoms with Crippen LogP contribution in [0.25, 0.3) is 5.65 Å². The summed E-state index contributed by atoms with van der Waals surface area (Å²) in [6, 6.07) is 10.8. The average molecular weight is 479 g/mol. The molecule has 0 atom stereocenters. The quantitative estimate of drug-likeness (QED) is 0.522. The van der Waals surface area contributed by atoms with E-state index in [0.29, 0.717) is 5.65 Å². The van der Waals surface area contributed by atoms with Crippen LogP contribution in [0.15, 0.2) is 62.8 Å². The van der Waals surface area contributed by atoms with Crippen molar-refractivity contribution in [3.05, 3.63) is 74.7 Å². The van der Waals surface area contributed by atoms with E-state index in [-0.39, 0.29) is 22.8 Å². The fraction of sp³-hybridized carbons (Fsp3) is 0.250. The van der Waals surface area contributed by atoms with Crippen LogP contribution in [-0.2, 0) is 26.0 Å². The normalized spacial score (nSPS) is 12.1. The number of aryl methyl sites for hydroxylation is 1. The number of nitrogens with zero attached hydrogens (tertiary/aromatic N) is 2. The molecule has 0 aliphatic rings. The van der Waals surface area contributed by atoms with E-state index in [4.69, 9.17) is 4.74 Å². The molecule has 152 valence electrons. The molecule has 0 radical (unpaired) electrons. The van der Waals surface area contributed by atoms with Gasteiger partial charge in [-0.15, -0.1) is 0 Å². The van der Waals surface area contributed by atoms with Gasteiger partial charge in [0, 0.05) is 16.7 Å². The number of hydrogen-bond acceptors (Lipinski definition) is 6. The molecule has 2 aromatic heterocycles. The molecule has 3 aromatic rings. The highest BCUT2D eigenvalue weighted by Gasteiger charge is 2.44. The third kappa shape index (κ3) is 4.11. The topological polar surface area (TPSA) is 94.8 Å². The maximum atomic E-state index is 12.9. The third-order valence-electron chi connectivity index (χ3n) is 4.50. The Labute approximate surface area is 176 Å². The highest BCUT2D eigenvalue weighted by Crippen LogP contribution is 2.28. The second-order valence-electron chi connectivity index (χ2n) is 7.06. The van der Waals surface area contributed by atoms with Gasteiger partial charge in [0.2, 0.25) is 0 Å². The number of benzene rings is 1. The maximum Gasteiger partial charge on any atom is 0.327 e. The van der Waals surface area contributed by atoms with E-state index in [1.54, 1.807) is 24.4 Å². The second kappa shape index (κ2) is 7.72. The van der Waals surface area contributed by atoms with Gasteiger partial charge in [-0.25, -0.2) is 13.4 Å². The molecule has 29 heavy (non-hydrogen) atoms. The van der Waals surface area contributed by atoms with Crippen LogP contribution < -0.4 is 5.56 Å². The Morgan fingerprint density at radius 1 is 1.17 bits per heavy atom. The van der Waals surface area contributed by atoms with Gasteiger partial charge in [-0.1, -0.05) is 22.0 Å². The van der Waals surface area contributed by atoms with E-state index in [1.165, 1.54) is 36.4 Å². The van der Waals surface area contributed by atoms with E-state index in [2.05, 4.69) is 20.9 Å². The smallest absolute Gasteiger partial charge is 0.327 e. The molecule has 0 unspecified atom stereocenters. The molecule has 3 rings (SSSR count). The van der Waals surface area contributed by atoms with Crippen molar-refractivity contribution in [2.24, 2.45) is 0 Å². The zero-order valence-electron chi connectivity index (χ0n) is 16.0. The van der Waals surface area contributed by atoms with Crippen molar-refractivity contribution in [1.82, 2.24) is 9.38 Å². The van der Waals surface area contributed by atoms with Gasteiger partial charge in [0.1, 0.15) is 12.3 Å². The second-order valence-corrected chi connectivity index (χ2v) is 10.5. The number of carbonyl (C=O) groups excluding carboxylic acids is 1. The van der Waals surface area contributed by atoms with Gasteiger partial charge in [-0.2, -0.15) is 0 Å². The summed E-state index contributed by atoms with van der Waals surface area (Å²) >= 11 is 3.25. The maximum absolute atomic E-state index is 12.9. The molecule has 0 aliphatic carbocycles. The van der Waals surface area contributed by atoms with Crippen molar-refractivity contribution < 1.29 is 17.9 Å². The minimum Gasteiger partial charge on any atom is -0.458 e. The van der Waals surface area contributed by atoms with E-state index in [1.807, 2.05) is 13.0 Å². The van der Waals surface area contributed by atoms with E-state index in [0.717, 1.165) is 10.0 Å². The molecule has 1 aromatic carbocycles. The van der Waals surface area contributed by atoms with Crippen molar-refractivity contribution in [1.29, 1.82) is 0 Å². The Morgan fingerprint density at radius 2 is 1.83 bits per heavy atom. The van der Waals surface area contributed by atoms with Crippen molar-refractivity contribution in [3.63, 3.8) is 0 Å². The molecule has 0 N–H and O–H groups in total. The first kappa shape index (κ1) is 21.2. The lowest BCUT2D eigenvalue weighted by Crippen LogP contribution is -2.42. The van der Waals surface area contributed by atoms with Crippen LogP contribution in [0.2, 0.25) is 0 Å². The van der Waals surface area contributed by atoms with Crippen molar-refractivity contribution in [3.8, 4) is 0 Å². The number of halogens is 1.